The van der Waals surface area contributed by atoms with Crippen LogP contribution in [0.4, 0.5) is 0 Å². The molecular weight excluding hydrogens is 332 g/mol. The molecule has 0 aliphatic rings. The van der Waals surface area contributed by atoms with Crippen LogP contribution in [0.25, 0.3) is 0 Å². The topological polar surface area (TPSA) is 80.5 Å². The molecule has 0 aliphatic heterocycles. The van der Waals surface area contributed by atoms with Gasteiger partial charge < -0.3 is 4.90 Å². The van der Waals surface area contributed by atoms with Crippen LogP contribution < -0.4 is 5.14 Å². The Kier molecular flexibility index (Phi) is 5.11. The van der Waals surface area contributed by atoms with Crippen LogP contribution in [0.3, 0.4) is 0 Å². The number of nitrogens with zero attached hydrogens (tertiary/aromatic N) is 1. The Morgan fingerprint density at radius 2 is 2.05 bits per heavy atom. The number of primary sulfonamides is 1. The van der Waals surface area contributed by atoms with Gasteiger partial charge in [-0.05, 0) is 47.5 Å². The smallest absolute Gasteiger partial charge is 0.255 e. The van der Waals surface area contributed by atoms with Gasteiger partial charge >= 0.3 is 0 Å². The van der Waals surface area contributed by atoms with Crippen LogP contribution in [-0.4, -0.2) is 32.3 Å². The molecule has 0 heterocycles. The third-order valence-electron chi connectivity index (χ3n) is 3.07. The van der Waals surface area contributed by atoms with Crippen LogP contribution >= 0.6 is 15.9 Å². The second-order valence-corrected chi connectivity index (χ2v) is 6.78. The summed E-state index contributed by atoms with van der Waals surface area (Å²) in [6, 6.07) is 4.23. The van der Waals surface area contributed by atoms with Gasteiger partial charge in [-0.2, -0.15) is 0 Å². The Balaban J connectivity index is 3.24. The lowest BCUT2D eigenvalue weighted by Gasteiger charge is -2.24. The molecule has 106 valence electrons. The van der Waals surface area contributed by atoms with Gasteiger partial charge in [-0.3, -0.25) is 4.79 Å². The first kappa shape index (κ1) is 16.1. The van der Waals surface area contributed by atoms with Gasteiger partial charge in [0.2, 0.25) is 10.0 Å². The van der Waals surface area contributed by atoms with E-state index in [1.54, 1.807) is 11.9 Å². The highest BCUT2D eigenvalue weighted by Crippen LogP contribution is 2.22. The fraction of sp³-hybridized carbons (Fsp3) is 0.417. The summed E-state index contributed by atoms with van der Waals surface area (Å²) in [5.41, 5.74) is 0.286. The second kappa shape index (κ2) is 6.02. The van der Waals surface area contributed by atoms with Crippen molar-refractivity contribution in [1.82, 2.24) is 4.90 Å². The third kappa shape index (κ3) is 3.77. The van der Waals surface area contributed by atoms with Crippen molar-refractivity contribution in [3.63, 3.8) is 0 Å². The first-order valence-corrected chi connectivity index (χ1v) is 8.12. The fourth-order valence-electron chi connectivity index (χ4n) is 1.51. The van der Waals surface area contributed by atoms with Crippen LogP contribution in [0.5, 0.6) is 0 Å². The van der Waals surface area contributed by atoms with Crippen molar-refractivity contribution in [1.29, 1.82) is 0 Å². The minimum atomic E-state index is -3.82. The molecule has 0 spiro atoms. The van der Waals surface area contributed by atoms with Gasteiger partial charge in [0.05, 0.1) is 10.5 Å². The first-order chi connectivity index (χ1) is 8.68. The summed E-state index contributed by atoms with van der Waals surface area (Å²) in [6.45, 7) is 3.90. The summed E-state index contributed by atoms with van der Waals surface area (Å²) in [5.74, 6) is -0.244. The Hall–Kier alpha value is -0.920. The second-order valence-electron chi connectivity index (χ2n) is 4.36. The predicted molar refractivity (Wildman–Crippen MR) is 77.4 cm³/mol. The van der Waals surface area contributed by atoms with Crippen molar-refractivity contribution < 1.29 is 13.2 Å². The maximum Gasteiger partial charge on any atom is 0.255 e. The van der Waals surface area contributed by atoms with Crippen molar-refractivity contribution in [3.05, 3.63) is 28.2 Å². The first-order valence-electron chi connectivity index (χ1n) is 5.78. The number of amides is 1. The molecule has 1 aromatic carbocycles. The average Bonchev–Trinajstić information content (AvgIpc) is 2.35. The number of halogens is 1. The molecule has 19 heavy (non-hydrogen) atoms. The van der Waals surface area contributed by atoms with E-state index < -0.39 is 10.0 Å². The van der Waals surface area contributed by atoms with Crippen molar-refractivity contribution in [2.24, 2.45) is 5.14 Å². The largest absolute Gasteiger partial charge is 0.339 e. The molecule has 1 unspecified atom stereocenters. The normalized spacial score (nSPS) is 13.1. The maximum atomic E-state index is 12.3. The van der Waals surface area contributed by atoms with Crippen LogP contribution in [0.1, 0.15) is 30.6 Å². The van der Waals surface area contributed by atoms with E-state index in [0.29, 0.717) is 4.47 Å². The summed E-state index contributed by atoms with van der Waals surface area (Å²) >= 11 is 3.25. The zero-order chi connectivity index (χ0) is 14.8. The van der Waals surface area contributed by atoms with E-state index in [0.717, 1.165) is 6.42 Å². The van der Waals surface area contributed by atoms with E-state index in [-0.39, 0.29) is 22.4 Å². The third-order valence-corrected chi connectivity index (χ3v) is 4.67. The molecule has 0 aromatic heterocycles. The number of hydrogen-bond donors (Lipinski definition) is 1. The van der Waals surface area contributed by atoms with Crippen molar-refractivity contribution in [3.8, 4) is 0 Å². The van der Waals surface area contributed by atoms with Crippen LogP contribution in [0.15, 0.2) is 27.6 Å². The van der Waals surface area contributed by atoms with E-state index in [9.17, 15) is 13.2 Å². The van der Waals surface area contributed by atoms with Crippen molar-refractivity contribution in [2.75, 3.05) is 7.05 Å². The summed E-state index contributed by atoms with van der Waals surface area (Å²) < 4.78 is 23.2. The van der Waals surface area contributed by atoms with E-state index in [1.807, 2.05) is 13.8 Å². The molecule has 1 rings (SSSR count). The molecule has 0 bridgehead atoms. The number of hydrogen-bond acceptors (Lipinski definition) is 3. The minimum Gasteiger partial charge on any atom is -0.339 e. The highest BCUT2D eigenvalue weighted by atomic mass is 79.9. The lowest BCUT2D eigenvalue weighted by atomic mass is 10.1. The number of sulfonamides is 1. The van der Waals surface area contributed by atoms with Crippen molar-refractivity contribution >= 4 is 31.9 Å². The Morgan fingerprint density at radius 1 is 1.47 bits per heavy atom. The summed E-state index contributed by atoms with van der Waals surface area (Å²) in [7, 11) is -2.13. The number of rotatable bonds is 4. The summed E-state index contributed by atoms with van der Waals surface area (Å²) in [6.07, 6.45) is 0.814. The van der Waals surface area contributed by atoms with Gasteiger partial charge in [-0.1, -0.05) is 6.92 Å². The van der Waals surface area contributed by atoms with Gasteiger partial charge in [0.15, 0.2) is 0 Å². The van der Waals surface area contributed by atoms with Gasteiger partial charge in [0.25, 0.3) is 5.91 Å². The van der Waals surface area contributed by atoms with Gasteiger partial charge in [0.1, 0.15) is 0 Å². The van der Waals surface area contributed by atoms with E-state index in [1.165, 1.54) is 18.2 Å². The van der Waals surface area contributed by atoms with Gasteiger partial charge in [-0.15, -0.1) is 0 Å². The molecule has 2 N–H and O–H groups in total. The van der Waals surface area contributed by atoms with Crippen LogP contribution in [-0.2, 0) is 10.0 Å². The van der Waals surface area contributed by atoms with E-state index in [4.69, 9.17) is 5.14 Å². The lowest BCUT2D eigenvalue weighted by Crippen LogP contribution is -2.34. The van der Waals surface area contributed by atoms with Gasteiger partial charge in [0, 0.05) is 17.6 Å². The van der Waals surface area contributed by atoms with E-state index >= 15 is 0 Å². The number of carbonyl (C=O) groups is 1. The van der Waals surface area contributed by atoms with E-state index in [2.05, 4.69) is 15.9 Å². The van der Waals surface area contributed by atoms with Crippen LogP contribution in [0, 0.1) is 0 Å². The molecule has 5 nitrogen and oxygen atoms in total. The molecule has 1 aromatic rings. The zero-order valence-electron chi connectivity index (χ0n) is 11.1. The lowest BCUT2D eigenvalue weighted by molar-refractivity contribution is 0.0739. The Labute approximate surface area is 122 Å². The number of nitrogens with two attached hydrogens (primary N) is 1. The maximum absolute atomic E-state index is 12.3. The fourth-order valence-corrected chi connectivity index (χ4v) is 2.47. The molecule has 0 fully saturated rings. The average molecular weight is 349 g/mol. The monoisotopic (exact) mass is 348 g/mol. The molecule has 0 aliphatic carbocycles. The molecular formula is C12H17BrN2O3S. The molecule has 7 heteroatoms. The summed E-state index contributed by atoms with van der Waals surface area (Å²) in [5, 5.41) is 5.07. The molecule has 1 atom stereocenters. The highest BCUT2D eigenvalue weighted by molar-refractivity contribution is 9.10. The zero-order valence-corrected chi connectivity index (χ0v) is 13.5. The van der Waals surface area contributed by atoms with Crippen molar-refractivity contribution in [2.45, 2.75) is 31.2 Å². The van der Waals surface area contributed by atoms with Gasteiger partial charge in [-0.25, -0.2) is 13.6 Å². The summed E-state index contributed by atoms with van der Waals surface area (Å²) in [4.78, 5) is 13.8. The molecule has 0 saturated heterocycles. The SMILES string of the molecule is CCC(C)N(C)C(=O)c1cc(S(N)(=O)=O)ccc1Br. The highest BCUT2D eigenvalue weighted by Gasteiger charge is 2.20. The standard InChI is InChI=1S/C12H17BrN2O3S/c1-4-8(2)15(3)12(16)10-7-9(19(14,17)18)5-6-11(10)13/h5-8H,4H2,1-3H3,(H2,14,17,18). The molecule has 0 radical (unpaired) electrons. The minimum absolute atomic E-state index is 0.0672. The quantitative estimate of drug-likeness (QED) is 0.902. The predicted octanol–water partition coefficient (Wildman–Crippen LogP) is 1.97. The van der Waals surface area contributed by atoms with Crippen LogP contribution in [0.2, 0.25) is 0 Å². The number of benzene rings is 1. The Bertz CT molecular complexity index is 587. The number of carbonyl (C=O) groups excluding carboxylic acids is 1. The Morgan fingerprint density at radius 3 is 2.53 bits per heavy atom. The molecule has 1 amide bonds. The molecule has 0 saturated carbocycles.